The van der Waals surface area contributed by atoms with Crippen molar-refractivity contribution in [2.45, 2.75) is 18.1 Å². The number of ether oxygens (including phenoxy) is 1. The summed E-state index contributed by atoms with van der Waals surface area (Å²) < 4.78 is 5.77. The van der Waals surface area contributed by atoms with Crippen LogP contribution in [0.5, 0.6) is 0 Å². The Morgan fingerprint density at radius 1 is 0.967 bits per heavy atom. The number of para-hydroxylation sites is 3. The molecule has 1 fully saturated rings. The highest BCUT2D eigenvalue weighted by atomic mass is 16.5. The third kappa shape index (κ3) is 2.59. The van der Waals surface area contributed by atoms with E-state index in [0.717, 1.165) is 28.5 Å². The molecule has 2 unspecified atom stereocenters. The number of fused-ring (bicyclic) bond motifs is 3. The van der Waals surface area contributed by atoms with Gasteiger partial charge in [0.15, 0.2) is 6.10 Å². The van der Waals surface area contributed by atoms with Gasteiger partial charge in [-0.05, 0) is 29.8 Å². The summed E-state index contributed by atoms with van der Waals surface area (Å²) in [4.78, 5) is 22.2. The second kappa shape index (κ2) is 7.11. The summed E-state index contributed by atoms with van der Waals surface area (Å²) >= 11 is 0. The zero-order valence-corrected chi connectivity index (χ0v) is 17.0. The number of anilines is 2. The van der Waals surface area contributed by atoms with Crippen LogP contribution in [0.25, 0.3) is 0 Å². The van der Waals surface area contributed by atoms with Crippen LogP contribution in [0.3, 0.4) is 0 Å². The number of carbonyl (C=O) groups is 1. The zero-order chi connectivity index (χ0) is 20.7. The lowest BCUT2D eigenvalue weighted by molar-refractivity contribution is -0.147. The van der Waals surface area contributed by atoms with E-state index in [9.17, 15) is 4.79 Å². The van der Waals surface area contributed by atoms with Crippen LogP contribution in [0.1, 0.15) is 12.0 Å². The normalized spacial score (nSPS) is 22.3. The van der Waals surface area contributed by atoms with Crippen LogP contribution >= 0.6 is 0 Å². The Bertz CT molecular complexity index is 1110. The van der Waals surface area contributed by atoms with Crippen molar-refractivity contribution in [3.8, 4) is 0 Å². The van der Waals surface area contributed by atoms with Gasteiger partial charge in [0.2, 0.25) is 0 Å². The van der Waals surface area contributed by atoms with E-state index in [-0.39, 0.29) is 5.91 Å². The van der Waals surface area contributed by atoms with Crippen molar-refractivity contribution in [2.24, 2.45) is 4.99 Å². The van der Waals surface area contributed by atoms with E-state index in [0.29, 0.717) is 6.42 Å². The molecule has 1 amide bonds. The molecule has 3 aromatic carbocycles. The molecule has 1 saturated heterocycles. The molecule has 0 aliphatic carbocycles. The van der Waals surface area contributed by atoms with E-state index in [2.05, 4.69) is 29.2 Å². The van der Waals surface area contributed by atoms with Crippen molar-refractivity contribution in [3.05, 3.63) is 90.5 Å². The molecule has 5 heteroatoms. The van der Waals surface area contributed by atoms with E-state index in [1.165, 1.54) is 0 Å². The molecule has 0 N–H and O–H groups in total. The second-order valence-electron chi connectivity index (χ2n) is 7.67. The van der Waals surface area contributed by atoms with E-state index < -0.39 is 11.6 Å². The van der Waals surface area contributed by atoms with E-state index in [1.54, 1.807) is 7.11 Å². The number of aliphatic imine (C=N–C) groups is 1. The molecular weight excluding hydrogens is 374 g/mol. The van der Waals surface area contributed by atoms with Gasteiger partial charge in [-0.25, -0.2) is 4.99 Å². The summed E-state index contributed by atoms with van der Waals surface area (Å²) in [6.07, 6.45) is -0.0261. The highest BCUT2D eigenvalue weighted by Gasteiger charge is 2.64. The first-order valence-electron chi connectivity index (χ1n) is 10.0. The van der Waals surface area contributed by atoms with Crippen molar-refractivity contribution in [1.82, 2.24) is 0 Å². The summed E-state index contributed by atoms with van der Waals surface area (Å²) in [7, 11) is 3.63. The molecule has 0 spiro atoms. The Morgan fingerprint density at radius 3 is 2.30 bits per heavy atom. The predicted molar refractivity (Wildman–Crippen MR) is 119 cm³/mol. The SMILES string of the molecule is COC1C(=O)N2c3ccccc3N=C(N(C)c3ccccc3)CC12c1ccccc1. The molecule has 0 saturated carbocycles. The number of nitrogens with zero attached hydrogens (tertiary/aromatic N) is 3. The fraction of sp³-hybridized carbons (Fsp3) is 0.200. The number of β-lactam (4-membered cyclic amide) rings is 1. The van der Waals surface area contributed by atoms with Crippen molar-refractivity contribution < 1.29 is 9.53 Å². The van der Waals surface area contributed by atoms with Crippen molar-refractivity contribution in [2.75, 3.05) is 24.0 Å². The lowest BCUT2D eigenvalue weighted by Crippen LogP contribution is -2.74. The highest BCUT2D eigenvalue weighted by Crippen LogP contribution is 2.53. The van der Waals surface area contributed by atoms with Crippen LogP contribution in [-0.4, -0.2) is 32.0 Å². The van der Waals surface area contributed by atoms with Crippen LogP contribution in [0.15, 0.2) is 89.9 Å². The van der Waals surface area contributed by atoms with Gasteiger partial charge in [0.25, 0.3) is 5.91 Å². The van der Waals surface area contributed by atoms with Crippen LogP contribution in [0.4, 0.5) is 17.1 Å². The van der Waals surface area contributed by atoms with Gasteiger partial charge in [-0.15, -0.1) is 0 Å². The lowest BCUT2D eigenvalue weighted by atomic mass is 9.71. The zero-order valence-electron chi connectivity index (χ0n) is 17.0. The summed E-state index contributed by atoms with van der Waals surface area (Å²) in [5, 5.41) is 0. The molecule has 0 radical (unpaired) electrons. The molecule has 2 aliphatic rings. The van der Waals surface area contributed by atoms with Gasteiger partial charge in [-0.1, -0.05) is 60.7 Å². The molecule has 0 aromatic heterocycles. The molecule has 30 heavy (non-hydrogen) atoms. The van der Waals surface area contributed by atoms with Crippen LogP contribution in [0, 0.1) is 0 Å². The quantitative estimate of drug-likeness (QED) is 0.611. The minimum Gasteiger partial charge on any atom is -0.369 e. The summed E-state index contributed by atoms with van der Waals surface area (Å²) in [6.45, 7) is 0. The fourth-order valence-corrected chi connectivity index (χ4v) is 4.64. The molecule has 5 rings (SSSR count). The molecular formula is C25H23N3O2. The maximum Gasteiger partial charge on any atom is 0.259 e. The molecule has 2 atom stereocenters. The number of amides is 1. The van der Waals surface area contributed by atoms with Gasteiger partial charge >= 0.3 is 0 Å². The van der Waals surface area contributed by atoms with E-state index in [4.69, 9.17) is 9.73 Å². The average Bonchev–Trinajstić information content (AvgIpc) is 2.93. The third-order valence-corrected chi connectivity index (χ3v) is 6.12. The fourth-order valence-electron chi connectivity index (χ4n) is 4.64. The molecule has 5 nitrogen and oxygen atoms in total. The Labute approximate surface area is 176 Å². The van der Waals surface area contributed by atoms with Gasteiger partial charge in [0, 0.05) is 26.3 Å². The maximum atomic E-state index is 13.2. The van der Waals surface area contributed by atoms with Crippen molar-refractivity contribution >= 4 is 28.8 Å². The minimum absolute atomic E-state index is 0.0346. The van der Waals surface area contributed by atoms with Crippen LogP contribution in [-0.2, 0) is 15.1 Å². The first-order valence-corrected chi connectivity index (χ1v) is 10.0. The monoisotopic (exact) mass is 397 g/mol. The van der Waals surface area contributed by atoms with Crippen molar-refractivity contribution in [1.29, 1.82) is 0 Å². The number of amidine groups is 1. The first kappa shape index (κ1) is 18.6. The summed E-state index contributed by atoms with van der Waals surface area (Å²) in [5.74, 6) is 0.849. The second-order valence-corrected chi connectivity index (χ2v) is 7.67. The third-order valence-electron chi connectivity index (χ3n) is 6.12. The Hall–Kier alpha value is -3.44. The topological polar surface area (TPSA) is 45.1 Å². The number of methoxy groups -OCH3 is 1. The van der Waals surface area contributed by atoms with Crippen LogP contribution < -0.4 is 9.80 Å². The first-order chi connectivity index (χ1) is 14.7. The molecule has 3 aromatic rings. The average molecular weight is 397 g/mol. The van der Waals surface area contributed by atoms with Gasteiger partial charge in [0.05, 0.1) is 11.4 Å². The molecule has 2 heterocycles. The number of benzene rings is 3. The van der Waals surface area contributed by atoms with E-state index >= 15 is 0 Å². The predicted octanol–water partition coefficient (Wildman–Crippen LogP) is 4.51. The minimum atomic E-state index is -0.651. The smallest absolute Gasteiger partial charge is 0.259 e. The molecule has 2 aliphatic heterocycles. The van der Waals surface area contributed by atoms with Crippen LogP contribution in [0.2, 0.25) is 0 Å². The molecule has 0 bridgehead atoms. The number of hydrogen-bond donors (Lipinski definition) is 0. The standard InChI is InChI=1S/C25H23N3O2/c1-27(19-13-7-4-8-14-19)22-17-25(18-11-5-3-6-12-18)23(30-2)24(29)28(25)21-16-10-9-15-20(21)26-22/h3-16,23H,17H2,1-2H3. The van der Waals surface area contributed by atoms with Gasteiger partial charge < -0.3 is 9.64 Å². The van der Waals surface area contributed by atoms with Gasteiger partial charge in [-0.2, -0.15) is 0 Å². The van der Waals surface area contributed by atoms with Gasteiger partial charge in [-0.3, -0.25) is 9.69 Å². The van der Waals surface area contributed by atoms with Crippen molar-refractivity contribution in [3.63, 3.8) is 0 Å². The summed E-state index contributed by atoms with van der Waals surface area (Å²) in [6, 6.07) is 28.1. The Morgan fingerprint density at radius 2 is 1.60 bits per heavy atom. The maximum absolute atomic E-state index is 13.2. The lowest BCUT2D eigenvalue weighted by Gasteiger charge is -2.56. The largest absolute Gasteiger partial charge is 0.369 e. The number of rotatable bonds is 3. The Balaban J connectivity index is 1.72. The van der Waals surface area contributed by atoms with Gasteiger partial charge in [0.1, 0.15) is 11.4 Å². The number of carbonyl (C=O) groups excluding carboxylic acids is 1. The highest BCUT2D eigenvalue weighted by molar-refractivity contribution is 6.13. The van der Waals surface area contributed by atoms with E-state index in [1.807, 2.05) is 72.6 Å². The molecule has 150 valence electrons. The summed E-state index contributed by atoms with van der Waals surface area (Å²) in [5.41, 5.74) is 3.04. The Kier molecular flexibility index (Phi) is 4.40. The number of hydrogen-bond acceptors (Lipinski definition) is 4.